The summed E-state index contributed by atoms with van der Waals surface area (Å²) in [7, 11) is 0. The van der Waals surface area contributed by atoms with Crippen LogP contribution in [0.15, 0.2) is 89.3 Å². The number of nitrogens with zero attached hydrogens (tertiary/aromatic N) is 1. The van der Waals surface area contributed by atoms with E-state index < -0.39 is 0 Å². The number of aryl methyl sites for hydroxylation is 1. The standard InChI is InChI=1S/C25H24N2O2/c1-19-24(27-25(29-19)21-10-6-3-7-11-21)16-17-28-23-14-12-22(13-15-23)26-18-20-8-4-2-5-9-20/h2-15,26H,16-18H2,1H3. The Balaban J connectivity index is 1.28. The van der Waals surface area contributed by atoms with Gasteiger partial charge in [0.2, 0.25) is 5.89 Å². The molecule has 29 heavy (non-hydrogen) atoms. The molecule has 0 unspecified atom stereocenters. The summed E-state index contributed by atoms with van der Waals surface area (Å²) in [5.74, 6) is 2.35. The van der Waals surface area contributed by atoms with Crippen molar-refractivity contribution in [2.45, 2.75) is 19.9 Å². The van der Waals surface area contributed by atoms with Crippen LogP contribution in [0.5, 0.6) is 5.75 Å². The van der Waals surface area contributed by atoms with Crippen LogP contribution in [0.3, 0.4) is 0 Å². The van der Waals surface area contributed by atoms with Crippen LogP contribution in [0.2, 0.25) is 0 Å². The first kappa shape index (κ1) is 18.8. The lowest BCUT2D eigenvalue weighted by Crippen LogP contribution is -2.03. The molecule has 0 radical (unpaired) electrons. The Morgan fingerprint density at radius 2 is 1.55 bits per heavy atom. The highest BCUT2D eigenvalue weighted by Gasteiger charge is 2.11. The molecule has 0 saturated carbocycles. The molecule has 0 amide bonds. The second kappa shape index (κ2) is 9.11. The van der Waals surface area contributed by atoms with Crippen LogP contribution in [0.4, 0.5) is 5.69 Å². The number of benzene rings is 3. The van der Waals surface area contributed by atoms with Gasteiger partial charge in [-0.2, -0.15) is 0 Å². The van der Waals surface area contributed by atoms with E-state index in [-0.39, 0.29) is 0 Å². The van der Waals surface area contributed by atoms with E-state index in [2.05, 4.69) is 22.4 Å². The molecule has 4 heteroatoms. The molecule has 4 rings (SSSR count). The van der Waals surface area contributed by atoms with Gasteiger partial charge in [0.15, 0.2) is 0 Å². The fourth-order valence-electron chi connectivity index (χ4n) is 3.10. The number of nitrogens with one attached hydrogen (secondary N) is 1. The summed E-state index contributed by atoms with van der Waals surface area (Å²) in [6, 6.07) is 28.3. The lowest BCUT2D eigenvalue weighted by molar-refractivity contribution is 0.320. The third-order valence-electron chi connectivity index (χ3n) is 4.71. The van der Waals surface area contributed by atoms with E-state index in [4.69, 9.17) is 9.15 Å². The Labute approximate surface area is 171 Å². The lowest BCUT2D eigenvalue weighted by atomic mass is 10.2. The Kier molecular flexibility index (Phi) is 5.91. The molecule has 3 aromatic carbocycles. The maximum atomic E-state index is 5.89. The molecule has 1 N–H and O–H groups in total. The Morgan fingerprint density at radius 1 is 0.862 bits per heavy atom. The Morgan fingerprint density at radius 3 is 2.28 bits per heavy atom. The lowest BCUT2D eigenvalue weighted by Gasteiger charge is -2.09. The minimum Gasteiger partial charge on any atom is -0.493 e. The molecule has 0 aliphatic heterocycles. The van der Waals surface area contributed by atoms with Crippen molar-refractivity contribution in [1.82, 2.24) is 4.98 Å². The van der Waals surface area contributed by atoms with Gasteiger partial charge in [0.25, 0.3) is 0 Å². The third-order valence-corrected chi connectivity index (χ3v) is 4.71. The maximum Gasteiger partial charge on any atom is 0.226 e. The summed E-state index contributed by atoms with van der Waals surface area (Å²) < 4.78 is 11.7. The minimum absolute atomic E-state index is 0.554. The van der Waals surface area contributed by atoms with Crippen LogP contribution in [-0.2, 0) is 13.0 Å². The van der Waals surface area contributed by atoms with Crippen LogP contribution in [0, 0.1) is 6.92 Å². The van der Waals surface area contributed by atoms with Crippen LogP contribution in [-0.4, -0.2) is 11.6 Å². The van der Waals surface area contributed by atoms with Crippen molar-refractivity contribution in [3.63, 3.8) is 0 Å². The Bertz CT molecular complexity index is 1030. The van der Waals surface area contributed by atoms with Gasteiger partial charge >= 0.3 is 0 Å². The summed E-state index contributed by atoms with van der Waals surface area (Å²) in [6.07, 6.45) is 0.705. The molecule has 0 aliphatic rings. The largest absolute Gasteiger partial charge is 0.493 e. The Hall–Kier alpha value is -3.53. The van der Waals surface area contributed by atoms with Gasteiger partial charge in [-0.25, -0.2) is 4.98 Å². The minimum atomic E-state index is 0.554. The predicted octanol–water partition coefficient (Wildman–Crippen LogP) is 5.88. The highest BCUT2D eigenvalue weighted by Crippen LogP contribution is 2.22. The van der Waals surface area contributed by atoms with Crippen LogP contribution >= 0.6 is 0 Å². The summed E-state index contributed by atoms with van der Waals surface area (Å²) >= 11 is 0. The fraction of sp³-hybridized carbons (Fsp3) is 0.160. The average Bonchev–Trinajstić information content (AvgIpc) is 3.15. The number of rotatable bonds is 8. The summed E-state index contributed by atoms with van der Waals surface area (Å²) in [5, 5.41) is 3.42. The molecular weight excluding hydrogens is 360 g/mol. The first-order valence-corrected chi connectivity index (χ1v) is 9.80. The number of ether oxygens (including phenoxy) is 1. The van der Waals surface area contributed by atoms with Crippen LogP contribution < -0.4 is 10.1 Å². The molecule has 4 nitrogen and oxygen atoms in total. The van der Waals surface area contributed by atoms with E-state index in [1.54, 1.807) is 0 Å². The van der Waals surface area contributed by atoms with Crippen molar-refractivity contribution in [2.75, 3.05) is 11.9 Å². The summed E-state index contributed by atoms with van der Waals surface area (Å²) in [6.45, 7) is 3.30. The highest BCUT2D eigenvalue weighted by atomic mass is 16.5. The average molecular weight is 384 g/mol. The molecule has 0 atom stereocenters. The first-order valence-electron chi connectivity index (χ1n) is 9.80. The molecule has 0 aliphatic carbocycles. The van der Waals surface area contributed by atoms with E-state index >= 15 is 0 Å². The molecule has 1 aromatic heterocycles. The zero-order valence-electron chi connectivity index (χ0n) is 16.5. The monoisotopic (exact) mass is 384 g/mol. The van der Waals surface area contributed by atoms with Gasteiger partial charge in [0, 0.05) is 24.2 Å². The maximum absolute atomic E-state index is 5.89. The quantitative estimate of drug-likeness (QED) is 0.412. The smallest absolute Gasteiger partial charge is 0.226 e. The molecule has 1 heterocycles. The number of hydrogen-bond acceptors (Lipinski definition) is 4. The molecule has 0 saturated heterocycles. The van der Waals surface area contributed by atoms with Crippen molar-refractivity contribution in [3.8, 4) is 17.2 Å². The topological polar surface area (TPSA) is 47.3 Å². The highest BCUT2D eigenvalue weighted by molar-refractivity contribution is 5.53. The van der Waals surface area contributed by atoms with Gasteiger partial charge in [-0.15, -0.1) is 0 Å². The number of aromatic nitrogens is 1. The molecular formula is C25H24N2O2. The third kappa shape index (κ3) is 5.05. The summed E-state index contributed by atoms with van der Waals surface area (Å²) in [5.41, 5.74) is 4.25. The van der Waals surface area contributed by atoms with Gasteiger partial charge in [-0.3, -0.25) is 0 Å². The number of anilines is 1. The first-order chi connectivity index (χ1) is 14.3. The molecule has 0 fully saturated rings. The van der Waals surface area contributed by atoms with Crippen molar-refractivity contribution in [2.24, 2.45) is 0 Å². The van der Waals surface area contributed by atoms with Gasteiger partial charge in [-0.1, -0.05) is 48.5 Å². The fourth-order valence-corrected chi connectivity index (χ4v) is 3.10. The molecule has 146 valence electrons. The second-order valence-corrected chi connectivity index (χ2v) is 6.85. The van der Waals surface area contributed by atoms with E-state index in [0.29, 0.717) is 18.9 Å². The zero-order valence-corrected chi connectivity index (χ0v) is 16.5. The van der Waals surface area contributed by atoms with Crippen molar-refractivity contribution in [3.05, 3.63) is 102 Å². The van der Waals surface area contributed by atoms with Crippen molar-refractivity contribution >= 4 is 5.69 Å². The number of oxazole rings is 1. The van der Waals surface area contributed by atoms with Gasteiger partial charge in [-0.05, 0) is 48.9 Å². The van der Waals surface area contributed by atoms with Gasteiger partial charge in [0.1, 0.15) is 11.5 Å². The van der Waals surface area contributed by atoms with Crippen LogP contribution in [0.25, 0.3) is 11.5 Å². The van der Waals surface area contributed by atoms with Crippen molar-refractivity contribution < 1.29 is 9.15 Å². The van der Waals surface area contributed by atoms with E-state index in [1.165, 1.54) is 5.56 Å². The normalized spacial score (nSPS) is 10.7. The number of hydrogen-bond donors (Lipinski definition) is 1. The zero-order chi connectivity index (χ0) is 19.9. The molecule has 0 bridgehead atoms. The van der Waals surface area contributed by atoms with Crippen molar-refractivity contribution in [1.29, 1.82) is 0 Å². The van der Waals surface area contributed by atoms with E-state index in [9.17, 15) is 0 Å². The van der Waals surface area contributed by atoms with Crippen LogP contribution in [0.1, 0.15) is 17.0 Å². The predicted molar refractivity (Wildman–Crippen MR) is 116 cm³/mol. The SMILES string of the molecule is Cc1oc(-c2ccccc2)nc1CCOc1ccc(NCc2ccccc2)cc1. The molecule has 4 aromatic rings. The van der Waals surface area contributed by atoms with E-state index in [0.717, 1.165) is 35.0 Å². The van der Waals surface area contributed by atoms with Gasteiger partial charge in [0.05, 0.1) is 12.3 Å². The molecule has 0 spiro atoms. The van der Waals surface area contributed by atoms with Gasteiger partial charge < -0.3 is 14.5 Å². The second-order valence-electron chi connectivity index (χ2n) is 6.85. The summed E-state index contributed by atoms with van der Waals surface area (Å²) in [4.78, 5) is 4.62. The van der Waals surface area contributed by atoms with E-state index in [1.807, 2.05) is 79.7 Å².